The van der Waals surface area contributed by atoms with Crippen LogP contribution in [0, 0.1) is 6.92 Å². The quantitative estimate of drug-likeness (QED) is 0.564. The van der Waals surface area contributed by atoms with E-state index < -0.39 is 11.8 Å². The molecule has 1 aromatic carbocycles. The SMILES string of the molecule is Cc1[nH]n(-c2c(Cl)c(Cl)c(Cl)c(Cl)c2Cl)c(=O)c1C1OCCO1. The van der Waals surface area contributed by atoms with E-state index in [0.717, 1.165) is 4.68 Å². The molecule has 0 radical (unpaired) electrons. The van der Waals surface area contributed by atoms with Gasteiger partial charge in [-0.05, 0) is 6.92 Å². The molecule has 0 saturated carbocycles. The number of aryl methyl sites for hydroxylation is 1. The lowest BCUT2D eigenvalue weighted by Crippen LogP contribution is -2.20. The Morgan fingerprint density at radius 3 is 1.96 bits per heavy atom. The molecule has 1 aliphatic rings. The minimum Gasteiger partial charge on any atom is -0.346 e. The topological polar surface area (TPSA) is 56.2 Å². The van der Waals surface area contributed by atoms with Gasteiger partial charge in [0.2, 0.25) is 0 Å². The highest BCUT2D eigenvalue weighted by Crippen LogP contribution is 2.45. The molecule has 2 heterocycles. The number of nitrogens with zero attached hydrogens (tertiary/aromatic N) is 1. The number of hydrogen-bond donors (Lipinski definition) is 1. The summed E-state index contributed by atoms with van der Waals surface area (Å²) >= 11 is 30.5. The fourth-order valence-corrected chi connectivity index (χ4v) is 3.61. The fourth-order valence-electron chi connectivity index (χ4n) is 2.31. The van der Waals surface area contributed by atoms with Crippen LogP contribution >= 0.6 is 58.0 Å². The summed E-state index contributed by atoms with van der Waals surface area (Å²) < 4.78 is 11.9. The van der Waals surface area contributed by atoms with Crippen molar-refractivity contribution < 1.29 is 9.47 Å². The standard InChI is InChI=1S/C13H9Cl5N2O3/c1-4-5(13-22-2-3-23-13)12(21)20(19-4)11-9(17)7(15)6(14)8(16)10(11)18/h13,19H,2-3H2,1H3. The van der Waals surface area contributed by atoms with Crippen LogP contribution in [-0.2, 0) is 9.47 Å². The van der Waals surface area contributed by atoms with E-state index in [1.165, 1.54) is 0 Å². The largest absolute Gasteiger partial charge is 0.346 e. The van der Waals surface area contributed by atoms with Gasteiger partial charge in [0.25, 0.3) is 5.56 Å². The highest BCUT2D eigenvalue weighted by Gasteiger charge is 2.29. The van der Waals surface area contributed by atoms with Gasteiger partial charge in [-0.25, -0.2) is 4.68 Å². The molecular weight excluding hydrogens is 409 g/mol. The van der Waals surface area contributed by atoms with Gasteiger partial charge in [0.1, 0.15) is 5.69 Å². The summed E-state index contributed by atoms with van der Waals surface area (Å²) in [7, 11) is 0. The van der Waals surface area contributed by atoms with E-state index >= 15 is 0 Å². The lowest BCUT2D eigenvalue weighted by Gasteiger charge is -2.12. The molecule has 124 valence electrons. The zero-order valence-corrected chi connectivity index (χ0v) is 15.3. The van der Waals surface area contributed by atoms with Crippen LogP contribution < -0.4 is 5.56 Å². The Hall–Kier alpha value is -0.400. The Balaban J connectivity index is 2.25. The van der Waals surface area contributed by atoms with Crippen LogP contribution in [0.1, 0.15) is 17.5 Å². The molecule has 0 bridgehead atoms. The maximum Gasteiger partial charge on any atom is 0.279 e. The first-order valence-electron chi connectivity index (χ1n) is 6.41. The van der Waals surface area contributed by atoms with Crippen LogP contribution in [0.3, 0.4) is 0 Å². The fraction of sp³-hybridized carbons (Fsp3) is 0.308. The second-order valence-electron chi connectivity index (χ2n) is 4.78. The number of nitrogens with one attached hydrogen (secondary N) is 1. The number of benzene rings is 1. The highest BCUT2D eigenvalue weighted by molar-refractivity contribution is 6.56. The van der Waals surface area contributed by atoms with Gasteiger partial charge in [-0.15, -0.1) is 0 Å². The summed E-state index contributed by atoms with van der Waals surface area (Å²) in [5, 5.41) is 2.93. The molecule has 0 spiro atoms. The van der Waals surface area contributed by atoms with E-state index in [2.05, 4.69) is 5.10 Å². The zero-order valence-electron chi connectivity index (χ0n) is 11.6. The number of ether oxygens (including phenoxy) is 2. The van der Waals surface area contributed by atoms with E-state index in [9.17, 15) is 4.79 Å². The van der Waals surface area contributed by atoms with Gasteiger partial charge in [0.05, 0.1) is 43.9 Å². The Bertz CT molecular complexity index is 810. The monoisotopic (exact) mass is 416 g/mol. The first kappa shape index (κ1) is 17.4. The van der Waals surface area contributed by atoms with Crippen molar-refractivity contribution in [1.82, 2.24) is 9.78 Å². The normalized spacial score (nSPS) is 15.6. The first-order valence-corrected chi connectivity index (χ1v) is 8.30. The van der Waals surface area contributed by atoms with Crippen molar-refractivity contribution in [2.24, 2.45) is 0 Å². The molecule has 0 aliphatic carbocycles. The number of aromatic nitrogens is 2. The van der Waals surface area contributed by atoms with E-state index in [1.807, 2.05) is 0 Å². The summed E-state index contributed by atoms with van der Waals surface area (Å²) in [6.45, 7) is 2.53. The third-order valence-corrected chi connectivity index (χ3v) is 5.64. The Morgan fingerprint density at radius 1 is 0.957 bits per heavy atom. The van der Waals surface area contributed by atoms with Crippen molar-refractivity contribution in [3.63, 3.8) is 0 Å². The zero-order chi connectivity index (χ0) is 16.9. The molecule has 2 aromatic rings. The number of aromatic amines is 1. The maximum absolute atomic E-state index is 12.7. The van der Waals surface area contributed by atoms with Gasteiger partial charge < -0.3 is 9.47 Å². The van der Waals surface area contributed by atoms with Gasteiger partial charge >= 0.3 is 0 Å². The van der Waals surface area contributed by atoms with Gasteiger partial charge in [0.15, 0.2) is 6.29 Å². The van der Waals surface area contributed by atoms with Crippen LogP contribution in [0.15, 0.2) is 4.79 Å². The summed E-state index contributed by atoms with van der Waals surface area (Å²) in [5.41, 5.74) is 0.575. The Morgan fingerprint density at radius 2 is 1.43 bits per heavy atom. The number of rotatable bonds is 2. The summed E-state index contributed by atoms with van der Waals surface area (Å²) in [5.74, 6) is 0. The van der Waals surface area contributed by atoms with E-state index in [4.69, 9.17) is 67.5 Å². The smallest absolute Gasteiger partial charge is 0.279 e. The number of hydrogen-bond acceptors (Lipinski definition) is 3. The van der Waals surface area contributed by atoms with Gasteiger partial charge in [-0.3, -0.25) is 9.89 Å². The van der Waals surface area contributed by atoms with Crippen LogP contribution in [0.25, 0.3) is 5.69 Å². The predicted molar refractivity (Wildman–Crippen MR) is 90.8 cm³/mol. The molecule has 1 N–H and O–H groups in total. The van der Waals surface area contributed by atoms with Crippen molar-refractivity contribution in [3.05, 3.63) is 46.7 Å². The Kier molecular flexibility index (Phi) is 4.91. The molecule has 23 heavy (non-hydrogen) atoms. The third-order valence-electron chi connectivity index (χ3n) is 3.38. The molecular formula is C13H9Cl5N2O3. The van der Waals surface area contributed by atoms with Crippen LogP contribution in [0.2, 0.25) is 25.1 Å². The molecule has 1 fully saturated rings. The summed E-state index contributed by atoms with van der Waals surface area (Å²) in [4.78, 5) is 12.7. The van der Waals surface area contributed by atoms with Gasteiger partial charge in [-0.1, -0.05) is 58.0 Å². The van der Waals surface area contributed by atoms with Crippen LogP contribution in [0.5, 0.6) is 0 Å². The Labute approximate surface area is 155 Å². The summed E-state index contributed by atoms with van der Waals surface area (Å²) in [6.07, 6.45) is -0.740. The average Bonchev–Trinajstić information content (AvgIpc) is 3.12. The lowest BCUT2D eigenvalue weighted by atomic mass is 10.2. The molecule has 0 amide bonds. The minimum absolute atomic E-state index is 0.00630. The lowest BCUT2D eigenvalue weighted by molar-refractivity contribution is -0.0452. The second-order valence-corrected chi connectivity index (χ2v) is 6.67. The molecule has 5 nitrogen and oxygen atoms in total. The van der Waals surface area contributed by atoms with Crippen molar-refractivity contribution in [2.75, 3.05) is 13.2 Å². The highest BCUT2D eigenvalue weighted by atomic mass is 35.5. The van der Waals surface area contributed by atoms with E-state index in [1.54, 1.807) is 6.92 Å². The molecule has 1 aromatic heterocycles. The van der Waals surface area contributed by atoms with Gasteiger partial charge in [-0.2, -0.15) is 0 Å². The molecule has 1 saturated heterocycles. The van der Waals surface area contributed by atoms with Crippen molar-refractivity contribution in [1.29, 1.82) is 0 Å². The van der Waals surface area contributed by atoms with Crippen LogP contribution in [0.4, 0.5) is 0 Å². The number of H-pyrrole nitrogens is 1. The molecule has 0 unspecified atom stereocenters. The van der Waals surface area contributed by atoms with Crippen molar-refractivity contribution in [2.45, 2.75) is 13.2 Å². The maximum atomic E-state index is 12.7. The van der Waals surface area contributed by atoms with Crippen molar-refractivity contribution in [3.8, 4) is 5.69 Å². The second kappa shape index (κ2) is 6.48. The average molecular weight is 418 g/mol. The van der Waals surface area contributed by atoms with Crippen LogP contribution in [-0.4, -0.2) is 23.0 Å². The summed E-state index contributed by atoms with van der Waals surface area (Å²) in [6, 6.07) is 0. The molecule has 3 rings (SSSR count). The minimum atomic E-state index is -0.740. The first-order chi connectivity index (χ1) is 10.8. The van der Waals surface area contributed by atoms with Crippen molar-refractivity contribution >= 4 is 58.0 Å². The molecule has 1 aliphatic heterocycles. The molecule has 10 heteroatoms. The van der Waals surface area contributed by atoms with E-state index in [0.29, 0.717) is 24.5 Å². The van der Waals surface area contributed by atoms with Gasteiger partial charge in [0, 0.05) is 5.69 Å². The predicted octanol–water partition coefficient (Wildman–Crippen LogP) is 4.79. The third kappa shape index (κ3) is 2.78. The van der Waals surface area contributed by atoms with E-state index in [-0.39, 0.29) is 30.8 Å². The number of halogens is 5. The molecule has 0 atom stereocenters.